The summed E-state index contributed by atoms with van der Waals surface area (Å²) in [6.45, 7) is 0.418. The van der Waals surface area contributed by atoms with Crippen LogP contribution in [0.1, 0.15) is 30.0 Å². The van der Waals surface area contributed by atoms with Gasteiger partial charge in [0.05, 0.1) is 30.7 Å². The molecule has 6 nitrogen and oxygen atoms in total. The molecule has 7 heteroatoms. The first-order valence-electron chi connectivity index (χ1n) is 8.26. The lowest BCUT2D eigenvalue weighted by Crippen LogP contribution is -2.31. The van der Waals surface area contributed by atoms with Gasteiger partial charge in [-0.15, -0.1) is 0 Å². The molecule has 1 atom stereocenters. The van der Waals surface area contributed by atoms with Gasteiger partial charge in [0.15, 0.2) is 11.5 Å². The molecule has 1 unspecified atom stereocenters. The van der Waals surface area contributed by atoms with E-state index in [1.165, 1.54) is 16.4 Å². The number of hydrogen-bond donors (Lipinski definition) is 0. The maximum atomic E-state index is 13.2. The molecule has 0 saturated carbocycles. The molecule has 0 amide bonds. The number of nitrogens with zero attached hydrogens (tertiary/aromatic N) is 2. The van der Waals surface area contributed by atoms with E-state index in [0.29, 0.717) is 24.5 Å². The summed E-state index contributed by atoms with van der Waals surface area (Å²) in [7, 11) is -0.667. The molecule has 2 aromatic carbocycles. The Morgan fingerprint density at radius 3 is 2.54 bits per heavy atom. The highest BCUT2D eigenvalue weighted by atomic mass is 32.2. The highest BCUT2D eigenvalue weighted by Crippen LogP contribution is 2.40. The maximum Gasteiger partial charge on any atom is 0.244 e. The van der Waals surface area contributed by atoms with E-state index in [4.69, 9.17) is 9.47 Å². The van der Waals surface area contributed by atoms with E-state index in [0.717, 1.165) is 12.0 Å². The van der Waals surface area contributed by atoms with Gasteiger partial charge < -0.3 is 9.47 Å². The van der Waals surface area contributed by atoms with Crippen LogP contribution in [0.2, 0.25) is 0 Å². The monoisotopic (exact) mass is 372 g/mol. The molecule has 0 radical (unpaired) electrons. The van der Waals surface area contributed by atoms with E-state index in [-0.39, 0.29) is 16.5 Å². The smallest absolute Gasteiger partial charge is 0.244 e. The molecule has 0 aromatic heterocycles. The number of sulfonamides is 1. The van der Waals surface area contributed by atoms with Gasteiger partial charge in [0.2, 0.25) is 10.0 Å². The van der Waals surface area contributed by atoms with Gasteiger partial charge in [0.25, 0.3) is 0 Å². The number of methoxy groups -OCH3 is 2. The lowest BCUT2D eigenvalue weighted by atomic mass is 10.0. The molecule has 0 spiro atoms. The molecule has 2 aromatic rings. The molecular weight excluding hydrogens is 352 g/mol. The summed E-state index contributed by atoms with van der Waals surface area (Å²) >= 11 is 0. The van der Waals surface area contributed by atoms with Gasteiger partial charge in [-0.2, -0.15) is 9.57 Å². The van der Waals surface area contributed by atoms with Crippen molar-refractivity contribution in [3.05, 3.63) is 53.6 Å². The van der Waals surface area contributed by atoms with E-state index in [1.807, 2.05) is 18.2 Å². The number of ether oxygens (including phenoxy) is 2. The number of rotatable bonds is 5. The molecule has 0 N–H and O–H groups in total. The molecule has 1 heterocycles. The molecular formula is C19H20N2O4S. The Morgan fingerprint density at radius 2 is 1.85 bits per heavy atom. The fourth-order valence-electron chi connectivity index (χ4n) is 3.33. The Hall–Kier alpha value is -2.56. The van der Waals surface area contributed by atoms with Gasteiger partial charge >= 0.3 is 0 Å². The van der Waals surface area contributed by atoms with Gasteiger partial charge in [0.1, 0.15) is 6.07 Å². The summed E-state index contributed by atoms with van der Waals surface area (Å²) in [4.78, 5) is 0.0508. The van der Waals surface area contributed by atoms with Crippen LogP contribution in [0.4, 0.5) is 0 Å². The first-order chi connectivity index (χ1) is 12.5. The van der Waals surface area contributed by atoms with Gasteiger partial charge in [-0.1, -0.05) is 18.2 Å². The van der Waals surface area contributed by atoms with Crippen LogP contribution in [-0.4, -0.2) is 33.5 Å². The lowest BCUT2D eigenvalue weighted by molar-refractivity contribution is 0.351. The first-order valence-corrected chi connectivity index (χ1v) is 9.70. The predicted molar refractivity (Wildman–Crippen MR) is 96.6 cm³/mol. The highest BCUT2D eigenvalue weighted by molar-refractivity contribution is 7.89. The van der Waals surface area contributed by atoms with Crippen molar-refractivity contribution in [3.8, 4) is 17.6 Å². The van der Waals surface area contributed by atoms with Crippen LogP contribution >= 0.6 is 0 Å². The molecule has 3 rings (SSSR count). The third kappa shape index (κ3) is 3.14. The van der Waals surface area contributed by atoms with Crippen molar-refractivity contribution < 1.29 is 17.9 Å². The molecule has 0 bridgehead atoms. The van der Waals surface area contributed by atoms with Crippen LogP contribution in [0.3, 0.4) is 0 Å². The molecule has 136 valence electrons. The van der Waals surface area contributed by atoms with Gasteiger partial charge in [-0.25, -0.2) is 8.42 Å². The number of benzene rings is 2. The zero-order chi connectivity index (χ0) is 18.7. The molecule has 1 aliphatic rings. The van der Waals surface area contributed by atoms with Crippen molar-refractivity contribution in [1.29, 1.82) is 5.26 Å². The Bertz CT molecular complexity index is 950. The summed E-state index contributed by atoms with van der Waals surface area (Å²) in [6, 6.07) is 13.4. The van der Waals surface area contributed by atoms with Crippen LogP contribution in [0.15, 0.2) is 47.4 Å². The fraction of sp³-hybridized carbons (Fsp3) is 0.316. The zero-order valence-corrected chi connectivity index (χ0v) is 15.5. The average molecular weight is 372 g/mol. The average Bonchev–Trinajstić information content (AvgIpc) is 3.18. The second-order valence-electron chi connectivity index (χ2n) is 6.00. The van der Waals surface area contributed by atoms with Gasteiger partial charge in [-0.3, -0.25) is 0 Å². The van der Waals surface area contributed by atoms with Crippen molar-refractivity contribution >= 4 is 10.0 Å². The predicted octanol–water partition coefficient (Wildman–Crippen LogP) is 3.10. The van der Waals surface area contributed by atoms with Crippen molar-refractivity contribution in [1.82, 2.24) is 4.31 Å². The van der Waals surface area contributed by atoms with E-state index < -0.39 is 10.0 Å². The minimum Gasteiger partial charge on any atom is -0.493 e. The minimum absolute atomic E-state index is 0.0508. The molecule has 26 heavy (non-hydrogen) atoms. The Kier molecular flexibility index (Phi) is 5.16. The third-order valence-corrected chi connectivity index (χ3v) is 6.56. The van der Waals surface area contributed by atoms with Crippen molar-refractivity contribution in [3.63, 3.8) is 0 Å². The van der Waals surface area contributed by atoms with Crippen molar-refractivity contribution in [2.45, 2.75) is 23.8 Å². The fourth-order valence-corrected chi connectivity index (χ4v) is 5.16. The quantitative estimate of drug-likeness (QED) is 0.806. The van der Waals surface area contributed by atoms with E-state index >= 15 is 0 Å². The second kappa shape index (κ2) is 7.36. The van der Waals surface area contributed by atoms with Crippen LogP contribution in [-0.2, 0) is 10.0 Å². The third-order valence-electron chi connectivity index (χ3n) is 4.59. The summed E-state index contributed by atoms with van der Waals surface area (Å²) < 4.78 is 38.5. The minimum atomic E-state index is -3.78. The second-order valence-corrected chi connectivity index (χ2v) is 7.86. The summed E-state index contributed by atoms with van der Waals surface area (Å²) in [6.07, 6.45) is 1.47. The van der Waals surface area contributed by atoms with Crippen LogP contribution in [0.5, 0.6) is 11.5 Å². The van der Waals surface area contributed by atoms with E-state index in [9.17, 15) is 13.7 Å². The van der Waals surface area contributed by atoms with Crippen LogP contribution in [0, 0.1) is 11.3 Å². The van der Waals surface area contributed by atoms with Gasteiger partial charge in [0, 0.05) is 6.54 Å². The largest absolute Gasteiger partial charge is 0.493 e. The van der Waals surface area contributed by atoms with Crippen molar-refractivity contribution in [2.24, 2.45) is 0 Å². The molecule has 0 aliphatic carbocycles. The van der Waals surface area contributed by atoms with E-state index in [2.05, 4.69) is 0 Å². The SMILES string of the molecule is COc1ccc(C2CCCN2S(=O)(=O)c2ccccc2C#N)cc1OC. The first kappa shape index (κ1) is 18.2. The molecule has 1 saturated heterocycles. The normalized spacial score (nSPS) is 17.7. The Labute approximate surface area is 153 Å². The number of nitriles is 1. The van der Waals surface area contributed by atoms with E-state index in [1.54, 1.807) is 32.4 Å². The Balaban J connectivity index is 2.02. The van der Waals surface area contributed by atoms with Gasteiger partial charge in [-0.05, 0) is 42.7 Å². The van der Waals surface area contributed by atoms with Crippen molar-refractivity contribution in [2.75, 3.05) is 20.8 Å². The summed E-state index contributed by atoms with van der Waals surface area (Å²) in [5.74, 6) is 1.16. The summed E-state index contributed by atoms with van der Waals surface area (Å²) in [5.41, 5.74) is 1.00. The molecule has 1 aliphatic heterocycles. The topological polar surface area (TPSA) is 79.6 Å². The highest BCUT2D eigenvalue weighted by Gasteiger charge is 2.37. The van der Waals surface area contributed by atoms with Crippen LogP contribution < -0.4 is 9.47 Å². The Morgan fingerprint density at radius 1 is 1.12 bits per heavy atom. The van der Waals surface area contributed by atoms with Crippen LogP contribution in [0.25, 0.3) is 0 Å². The maximum absolute atomic E-state index is 13.2. The zero-order valence-electron chi connectivity index (χ0n) is 14.7. The molecule has 1 fully saturated rings. The summed E-state index contributed by atoms with van der Waals surface area (Å²) in [5, 5.41) is 9.27. The number of hydrogen-bond acceptors (Lipinski definition) is 5. The lowest BCUT2D eigenvalue weighted by Gasteiger charge is -2.25. The standard InChI is InChI=1S/C19H20N2O4S/c1-24-17-10-9-14(12-18(17)25-2)16-7-5-11-21(16)26(22,23)19-8-4-3-6-15(19)13-20/h3-4,6,8-10,12,16H,5,7,11H2,1-2H3.